The Hall–Kier alpha value is -0.120. The highest BCUT2D eigenvalue weighted by molar-refractivity contribution is 7.80. The van der Waals surface area contributed by atoms with Crippen LogP contribution in [0.1, 0.15) is 0 Å². The maximum absolute atomic E-state index is 11.1. The Balaban J connectivity index is 3.52. The molecule has 0 aromatic rings. The molecule has 0 unspecified atom stereocenters. The second-order valence-electron chi connectivity index (χ2n) is 1.13. The van der Waals surface area contributed by atoms with Crippen LogP contribution in [0.3, 0.4) is 0 Å². The van der Waals surface area contributed by atoms with E-state index in [2.05, 4.69) is 12.6 Å². The van der Waals surface area contributed by atoms with Gasteiger partial charge in [-0.1, -0.05) is 6.08 Å². The van der Waals surface area contributed by atoms with Crippen molar-refractivity contribution in [1.82, 2.24) is 0 Å². The van der Waals surface area contributed by atoms with Crippen molar-refractivity contribution in [3.05, 3.63) is 12.2 Å². The maximum atomic E-state index is 11.1. The van der Waals surface area contributed by atoms with Crippen LogP contribution in [-0.4, -0.2) is 11.9 Å². The van der Waals surface area contributed by atoms with Crippen molar-refractivity contribution in [2.45, 2.75) is 6.18 Å². The number of rotatable bonds is 1. The van der Waals surface area contributed by atoms with Crippen LogP contribution < -0.4 is 0 Å². The first-order valence-corrected chi connectivity index (χ1v) is 2.55. The van der Waals surface area contributed by atoms with Gasteiger partial charge in [-0.3, -0.25) is 0 Å². The Morgan fingerprint density at radius 2 is 1.88 bits per heavy atom. The van der Waals surface area contributed by atoms with Gasteiger partial charge in [0.1, 0.15) is 0 Å². The molecule has 0 rings (SSSR count). The van der Waals surface area contributed by atoms with Crippen molar-refractivity contribution in [3.63, 3.8) is 0 Å². The molecule has 0 radical (unpaired) electrons. The lowest BCUT2D eigenvalue weighted by Crippen LogP contribution is -2.00. The summed E-state index contributed by atoms with van der Waals surface area (Å²) in [6, 6.07) is 0. The summed E-state index contributed by atoms with van der Waals surface area (Å²) < 4.78 is 33.4. The third kappa shape index (κ3) is 5.88. The molecule has 0 aromatic carbocycles. The molecule has 0 saturated carbocycles. The van der Waals surface area contributed by atoms with Crippen LogP contribution in [0.2, 0.25) is 0 Å². The summed E-state index contributed by atoms with van der Waals surface area (Å²) in [4.78, 5) is 0. The van der Waals surface area contributed by atoms with Crippen molar-refractivity contribution in [1.29, 1.82) is 0 Å². The number of thiol groups is 1. The lowest BCUT2D eigenvalue weighted by Gasteiger charge is -1.94. The highest BCUT2D eigenvalue weighted by Gasteiger charge is 2.21. The van der Waals surface area contributed by atoms with Crippen LogP contribution in [0.25, 0.3) is 0 Å². The van der Waals surface area contributed by atoms with E-state index >= 15 is 0 Å². The van der Waals surface area contributed by atoms with E-state index in [1.165, 1.54) is 0 Å². The predicted molar refractivity (Wildman–Crippen MR) is 29.0 cm³/mol. The molecule has 0 fully saturated rings. The summed E-state index contributed by atoms with van der Waals surface area (Å²) >= 11 is 3.55. The van der Waals surface area contributed by atoms with E-state index in [1.807, 2.05) is 0 Å². The van der Waals surface area contributed by atoms with Gasteiger partial charge in [0.25, 0.3) is 0 Å². The van der Waals surface area contributed by atoms with E-state index in [1.54, 1.807) is 0 Å². The molecule has 0 N–H and O–H groups in total. The fourth-order valence-corrected chi connectivity index (χ4v) is 0.292. The molecule has 0 aliphatic heterocycles. The Kier molecular flexibility index (Phi) is 2.97. The summed E-state index contributed by atoms with van der Waals surface area (Å²) in [5.41, 5.74) is 0. The minimum Gasteiger partial charge on any atom is -0.175 e. The van der Waals surface area contributed by atoms with Gasteiger partial charge in [0, 0.05) is 11.8 Å². The zero-order valence-corrected chi connectivity index (χ0v) is 4.84. The van der Waals surface area contributed by atoms with Gasteiger partial charge in [0.15, 0.2) is 0 Å². The second kappa shape index (κ2) is 3.02. The van der Waals surface area contributed by atoms with E-state index < -0.39 is 6.18 Å². The van der Waals surface area contributed by atoms with Crippen LogP contribution in [0.5, 0.6) is 0 Å². The van der Waals surface area contributed by atoms with Crippen molar-refractivity contribution in [2.24, 2.45) is 0 Å². The molecule has 48 valence electrons. The largest absolute Gasteiger partial charge is 0.409 e. The lowest BCUT2D eigenvalue weighted by molar-refractivity contribution is -0.0799. The van der Waals surface area contributed by atoms with E-state index in [0.717, 1.165) is 6.08 Å². The molecule has 0 aliphatic carbocycles. The monoisotopic (exact) mass is 142 g/mol. The van der Waals surface area contributed by atoms with E-state index in [9.17, 15) is 13.2 Å². The third-order valence-electron chi connectivity index (χ3n) is 0.412. The Morgan fingerprint density at radius 1 is 1.38 bits per heavy atom. The molecule has 0 bridgehead atoms. The molecule has 0 atom stereocenters. The summed E-state index contributed by atoms with van der Waals surface area (Å²) in [6.07, 6.45) is -3.06. The van der Waals surface area contributed by atoms with E-state index in [-0.39, 0.29) is 11.8 Å². The number of hydrogen-bond donors (Lipinski definition) is 1. The van der Waals surface area contributed by atoms with Crippen LogP contribution in [-0.2, 0) is 0 Å². The highest BCUT2D eigenvalue weighted by Crippen LogP contribution is 2.15. The summed E-state index contributed by atoms with van der Waals surface area (Å²) in [6.45, 7) is 0. The van der Waals surface area contributed by atoms with Gasteiger partial charge in [0.05, 0.1) is 0 Å². The molecular weight excluding hydrogens is 137 g/mol. The van der Waals surface area contributed by atoms with Gasteiger partial charge >= 0.3 is 6.18 Å². The molecule has 0 nitrogen and oxygen atoms in total. The molecular formula is C4H5F3S. The quantitative estimate of drug-likeness (QED) is 0.420. The highest BCUT2D eigenvalue weighted by atomic mass is 32.1. The predicted octanol–water partition coefficient (Wildman–Crippen LogP) is 2.03. The lowest BCUT2D eigenvalue weighted by atomic mass is 10.5. The Bertz CT molecular complexity index is 83.8. The minimum absolute atomic E-state index is 0.125. The number of alkyl halides is 3. The average molecular weight is 142 g/mol. The second-order valence-corrected chi connectivity index (χ2v) is 1.49. The van der Waals surface area contributed by atoms with Crippen molar-refractivity contribution < 1.29 is 13.2 Å². The van der Waals surface area contributed by atoms with Crippen LogP contribution in [0.15, 0.2) is 12.2 Å². The first-order valence-electron chi connectivity index (χ1n) is 1.91. The molecule has 8 heavy (non-hydrogen) atoms. The molecule has 0 saturated heterocycles. The zero-order valence-electron chi connectivity index (χ0n) is 3.94. The summed E-state index contributed by atoms with van der Waals surface area (Å²) in [7, 11) is 0. The van der Waals surface area contributed by atoms with Gasteiger partial charge < -0.3 is 0 Å². The van der Waals surface area contributed by atoms with Crippen LogP contribution in [0.4, 0.5) is 13.2 Å². The van der Waals surface area contributed by atoms with Crippen LogP contribution >= 0.6 is 12.6 Å². The average Bonchev–Trinajstić information content (AvgIpc) is 1.59. The molecule has 0 heterocycles. The topological polar surface area (TPSA) is 0 Å². The minimum atomic E-state index is -4.18. The fraction of sp³-hybridized carbons (Fsp3) is 0.500. The van der Waals surface area contributed by atoms with Gasteiger partial charge in [0.2, 0.25) is 0 Å². The fourth-order valence-electron chi connectivity index (χ4n) is 0.186. The van der Waals surface area contributed by atoms with Gasteiger partial charge in [-0.2, -0.15) is 25.8 Å². The molecule has 0 spiro atoms. The third-order valence-corrected chi connectivity index (χ3v) is 0.623. The number of hydrogen-bond acceptors (Lipinski definition) is 1. The van der Waals surface area contributed by atoms with Gasteiger partial charge in [-0.05, 0) is 0 Å². The van der Waals surface area contributed by atoms with Crippen LogP contribution in [0, 0.1) is 0 Å². The molecule has 0 amide bonds. The van der Waals surface area contributed by atoms with E-state index in [4.69, 9.17) is 0 Å². The van der Waals surface area contributed by atoms with Crippen molar-refractivity contribution in [2.75, 3.05) is 5.75 Å². The summed E-state index contributed by atoms with van der Waals surface area (Å²) in [5.74, 6) is 0.125. The Labute approximate surface area is 50.8 Å². The first-order chi connectivity index (χ1) is 3.56. The first kappa shape index (κ1) is 7.88. The van der Waals surface area contributed by atoms with Crippen molar-refractivity contribution in [3.8, 4) is 0 Å². The zero-order chi connectivity index (χ0) is 6.62. The molecule has 0 aliphatic rings. The number of halogens is 3. The van der Waals surface area contributed by atoms with Gasteiger partial charge in [-0.15, -0.1) is 0 Å². The maximum Gasteiger partial charge on any atom is 0.409 e. The molecule has 4 heteroatoms. The smallest absolute Gasteiger partial charge is 0.175 e. The van der Waals surface area contributed by atoms with E-state index in [0.29, 0.717) is 0 Å². The molecule has 0 aromatic heterocycles. The van der Waals surface area contributed by atoms with Crippen molar-refractivity contribution >= 4 is 12.6 Å². The summed E-state index contributed by atoms with van der Waals surface area (Å²) in [5, 5.41) is 0. The standard InChI is InChI=1S/C4H5F3S/c5-4(6,7)2-1-3-8/h1-2,8H,3H2/b2-1+. The number of allylic oxidation sites excluding steroid dienone is 1. The Morgan fingerprint density at radius 3 is 2.00 bits per heavy atom. The SMILES string of the molecule is FC(F)(F)/C=C/CS. The normalized spacial score (nSPS) is 13.0. The van der Waals surface area contributed by atoms with Gasteiger partial charge in [-0.25, -0.2) is 0 Å².